The normalized spacial score (nSPS) is 9.46. The van der Waals surface area contributed by atoms with E-state index in [0.29, 0.717) is 5.82 Å². The van der Waals surface area contributed by atoms with Crippen molar-refractivity contribution in [2.45, 2.75) is 0 Å². The van der Waals surface area contributed by atoms with Gasteiger partial charge in [-0.3, -0.25) is 0 Å². The van der Waals surface area contributed by atoms with Crippen LogP contribution in [0.25, 0.3) is 5.82 Å². The molecule has 2 heterocycles. The number of hydrogen-bond acceptors (Lipinski definition) is 5. The Kier molecular flexibility index (Phi) is 1.69. The second-order valence-corrected chi connectivity index (χ2v) is 2.21. The van der Waals surface area contributed by atoms with Gasteiger partial charge >= 0.3 is 0 Å². The minimum atomic E-state index is 0.116. The van der Waals surface area contributed by atoms with E-state index in [2.05, 4.69) is 20.3 Å². The molecule has 0 amide bonds. The van der Waals surface area contributed by atoms with Gasteiger partial charge in [-0.2, -0.15) is 15.0 Å². The largest absolute Gasteiger partial charge is 0.252 e. The quantitative estimate of drug-likeness (QED) is 0.601. The zero-order valence-corrected chi connectivity index (χ0v) is 6.49. The third-order valence-corrected chi connectivity index (χ3v) is 1.38. The van der Waals surface area contributed by atoms with Gasteiger partial charge in [0.15, 0.2) is 5.82 Å². The van der Waals surface area contributed by atoms with Crippen LogP contribution in [0.15, 0.2) is 24.7 Å². The lowest BCUT2D eigenvalue weighted by atomic mass is 10.5. The van der Waals surface area contributed by atoms with Crippen molar-refractivity contribution in [3.63, 3.8) is 0 Å². The minimum absolute atomic E-state index is 0.116. The lowest BCUT2D eigenvalue weighted by Gasteiger charge is -1.93. The molecule has 2 aromatic rings. The van der Waals surface area contributed by atoms with E-state index in [1.807, 2.05) is 6.07 Å². The van der Waals surface area contributed by atoms with Gasteiger partial charge in [0, 0.05) is 6.20 Å². The maximum absolute atomic E-state index is 8.47. The van der Waals surface area contributed by atoms with Gasteiger partial charge in [0.2, 0.25) is 0 Å². The summed E-state index contributed by atoms with van der Waals surface area (Å²) in [5.74, 6) is 0.655. The molecular weight excluding hydrogens is 168 g/mol. The van der Waals surface area contributed by atoms with Crippen molar-refractivity contribution < 1.29 is 0 Å². The first kappa shape index (κ1) is 7.36. The number of rotatable bonds is 1. The fraction of sp³-hybridized carbons (Fsp3) is 0. The van der Waals surface area contributed by atoms with Crippen molar-refractivity contribution in [3.05, 3.63) is 30.5 Å². The first-order valence-electron chi connectivity index (χ1n) is 3.50. The molecule has 0 unspecified atom stereocenters. The highest BCUT2D eigenvalue weighted by atomic mass is 15.4. The van der Waals surface area contributed by atoms with Crippen LogP contribution in [0.4, 0.5) is 0 Å². The average molecular weight is 172 g/mol. The monoisotopic (exact) mass is 172 g/mol. The second kappa shape index (κ2) is 2.98. The summed E-state index contributed by atoms with van der Waals surface area (Å²) >= 11 is 0. The van der Waals surface area contributed by atoms with Crippen molar-refractivity contribution in [1.82, 2.24) is 25.0 Å². The van der Waals surface area contributed by atoms with Crippen LogP contribution in [0.3, 0.4) is 0 Å². The molecule has 6 heteroatoms. The summed E-state index contributed by atoms with van der Waals surface area (Å²) in [5.41, 5.74) is 0. The Labute approximate surface area is 73.5 Å². The molecule has 0 aliphatic carbocycles. The Balaban J connectivity index is 2.43. The highest BCUT2D eigenvalue weighted by Gasteiger charge is 2.01. The maximum Gasteiger partial charge on any atom is 0.252 e. The molecule has 62 valence electrons. The molecule has 6 nitrogen and oxygen atoms in total. The lowest BCUT2D eigenvalue weighted by Crippen LogP contribution is -1.98. The van der Waals surface area contributed by atoms with E-state index in [9.17, 15) is 0 Å². The van der Waals surface area contributed by atoms with Crippen molar-refractivity contribution >= 4 is 0 Å². The van der Waals surface area contributed by atoms with Gasteiger partial charge in [0.25, 0.3) is 5.82 Å². The van der Waals surface area contributed by atoms with E-state index >= 15 is 0 Å². The van der Waals surface area contributed by atoms with Gasteiger partial charge in [0.1, 0.15) is 12.4 Å². The van der Waals surface area contributed by atoms with Gasteiger partial charge < -0.3 is 0 Å². The predicted molar refractivity (Wildman–Crippen MR) is 41.7 cm³/mol. The zero-order valence-electron chi connectivity index (χ0n) is 6.49. The van der Waals surface area contributed by atoms with Gasteiger partial charge in [-0.15, -0.1) is 10.2 Å². The first-order valence-corrected chi connectivity index (χ1v) is 3.50. The molecule has 0 N–H and O–H groups in total. The third kappa shape index (κ3) is 1.35. The van der Waals surface area contributed by atoms with Crippen LogP contribution in [0.1, 0.15) is 5.82 Å². The Hall–Kier alpha value is -2.29. The number of nitriles is 1. The van der Waals surface area contributed by atoms with Crippen molar-refractivity contribution in [2.24, 2.45) is 0 Å². The molecule has 0 atom stereocenters. The maximum atomic E-state index is 8.47. The standard InChI is InChI=1S/C7H4N6/c8-4-6-9-5-13(12-6)7-2-1-3-10-11-7/h1-3,5H. The fourth-order valence-corrected chi connectivity index (χ4v) is 0.840. The van der Waals surface area contributed by atoms with Gasteiger partial charge in [0.05, 0.1) is 0 Å². The summed E-state index contributed by atoms with van der Waals surface area (Å²) in [5, 5.41) is 19.8. The molecule has 0 aromatic carbocycles. The summed E-state index contributed by atoms with van der Waals surface area (Å²) in [6, 6.07) is 5.28. The van der Waals surface area contributed by atoms with Gasteiger partial charge in [-0.05, 0) is 12.1 Å². The summed E-state index contributed by atoms with van der Waals surface area (Å²) in [4.78, 5) is 3.73. The highest BCUT2D eigenvalue weighted by Crippen LogP contribution is 1.98. The van der Waals surface area contributed by atoms with Crippen LogP contribution < -0.4 is 0 Å². The molecule has 0 aliphatic heterocycles. The van der Waals surface area contributed by atoms with Crippen molar-refractivity contribution in [2.75, 3.05) is 0 Å². The fourth-order valence-electron chi connectivity index (χ4n) is 0.840. The molecule has 0 aliphatic rings. The molecule has 0 radical (unpaired) electrons. The van der Waals surface area contributed by atoms with E-state index in [1.165, 1.54) is 11.0 Å². The lowest BCUT2D eigenvalue weighted by molar-refractivity contribution is 0.809. The van der Waals surface area contributed by atoms with Gasteiger partial charge in [-0.25, -0.2) is 4.98 Å². The van der Waals surface area contributed by atoms with Crippen LogP contribution in [-0.4, -0.2) is 25.0 Å². The molecule has 0 saturated carbocycles. The average Bonchev–Trinajstić information content (AvgIpc) is 2.67. The van der Waals surface area contributed by atoms with E-state index in [-0.39, 0.29) is 5.82 Å². The molecule has 0 fully saturated rings. The minimum Gasteiger partial charge on any atom is -0.206 e. The van der Waals surface area contributed by atoms with E-state index in [1.54, 1.807) is 18.3 Å². The van der Waals surface area contributed by atoms with Gasteiger partial charge in [-0.1, -0.05) is 0 Å². The predicted octanol–water partition coefficient (Wildman–Crippen LogP) is -0.0710. The highest BCUT2D eigenvalue weighted by molar-refractivity contribution is 5.18. The van der Waals surface area contributed by atoms with E-state index in [0.717, 1.165) is 0 Å². The number of nitrogens with zero attached hydrogens (tertiary/aromatic N) is 6. The van der Waals surface area contributed by atoms with E-state index < -0.39 is 0 Å². The van der Waals surface area contributed by atoms with Crippen molar-refractivity contribution in [1.29, 1.82) is 5.26 Å². The van der Waals surface area contributed by atoms with Crippen LogP contribution in [0, 0.1) is 11.3 Å². The summed E-state index contributed by atoms with van der Waals surface area (Å²) < 4.78 is 1.39. The summed E-state index contributed by atoms with van der Waals surface area (Å²) in [6.45, 7) is 0. The number of hydrogen-bond donors (Lipinski definition) is 0. The molecular formula is C7H4N6. The number of aromatic nitrogens is 5. The van der Waals surface area contributed by atoms with Crippen LogP contribution in [0.5, 0.6) is 0 Å². The molecule has 13 heavy (non-hydrogen) atoms. The Morgan fingerprint density at radius 2 is 2.38 bits per heavy atom. The Bertz CT molecular complexity index is 440. The first-order chi connectivity index (χ1) is 6.40. The Morgan fingerprint density at radius 3 is 3.00 bits per heavy atom. The SMILES string of the molecule is N#Cc1ncn(-c2cccnn2)n1. The van der Waals surface area contributed by atoms with Crippen molar-refractivity contribution in [3.8, 4) is 11.9 Å². The molecule has 0 bridgehead atoms. The summed E-state index contributed by atoms with van der Waals surface area (Å²) in [6.07, 6.45) is 2.98. The van der Waals surface area contributed by atoms with Crippen LogP contribution >= 0.6 is 0 Å². The van der Waals surface area contributed by atoms with Crippen LogP contribution in [0.2, 0.25) is 0 Å². The summed E-state index contributed by atoms with van der Waals surface area (Å²) in [7, 11) is 0. The molecule has 0 saturated heterocycles. The topological polar surface area (TPSA) is 80.3 Å². The third-order valence-electron chi connectivity index (χ3n) is 1.38. The molecule has 2 aromatic heterocycles. The Morgan fingerprint density at radius 1 is 1.46 bits per heavy atom. The molecule has 2 rings (SSSR count). The smallest absolute Gasteiger partial charge is 0.206 e. The van der Waals surface area contributed by atoms with Crippen LogP contribution in [-0.2, 0) is 0 Å². The van der Waals surface area contributed by atoms with E-state index in [4.69, 9.17) is 5.26 Å². The zero-order chi connectivity index (χ0) is 9.10. The molecule has 0 spiro atoms. The second-order valence-electron chi connectivity index (χ2n) is 2.21.